The average molecular weight is 310 g/mol. The fraction of sp³-hybridized carbons (Fsp3) is 0.600. The zero-order valence-corrected chi connectivity index (χ0v) is 13.6. The first kappa shape index (κ1) is 15.9. The standard InChI is InChI=1S/C15H22N2O3S/c1-15(2,3)20-14(18)17-9-7-12(10-17)11-21(19)13-6-4-5-8-16-13/h4-6,8,12H,7,9-11H2,1-3H3. The summed E-state index contributed by atoms with van der Waals surface area (Å²) in [5.41, 5.74) is -0.480. The molecule has 2 unspecified atom stereocenters. The molecule has 1 aliphatic rings. The van der Waals surface area contributed by atoms with Crippen molar-refractivity contribution in [1.82, 2.24) is 9.88 Å². The number of nitrogens with zero attached hydrogens (tertiary/aromatic N) is 2. The Morgan fingerprint density at radius 2 is 2.24 bits per heavy atom. The SMILES string of the molecule is CC(C)(C)OC(=O)N1CCC(CS(=O)c2ccccn2)C1. The van der Waals surface area contributed by atoms with Crippen LogP contribution in [-0.2, 0) is 15.5 Å². The number of carbonyl (C=O) groups is 1. The minimum Gasteiger partial charge on any atom is -0.444 e. The summed E-state index contributed by atoms with van der Waals surface area (Å²) in [4.78, 5) is 17.8. The van der Waals surface area contributed by atoms with E-state index in [4.69, 9.17) is 4.74 Å². The van der Waals surface area contributed by atoms with E-state index in [0.717, 1.165) is 6.42 Å². The maximum absolute atomic E-state index is 12.2. The van der Waals surface area contributed by atoms with Crippen molar-refractivity contribution in [2.24, 2.45) is 5.92 Å². The van der Waals surface area contributed by atoms with Gasteiger partial charge >= 0.3 is 6.09 Å². The quantitative estimate of drug-likeness (QED) is 0.860. The minimum atomic E-state index is -1.11. The third-order valence-electron chi connectivity index (χ3n) is 3.20. The van der Waals surface area contributed by atoms with E-state index >= 15 is 0 Å². The fourth-order valence-corrected chi connectivity index (χ4v) is 3.52. The van der Waals surface area contributed by atoms with Crippen LogP contribution in [0.15, 0.2) is 29.4 Å². The largest absolute Gasteiger partial charge is 0.444 e. The van der Waals surface area contributed by atoms with E-state index in [2.05, 4.69) is 4.98 Å². The van der Waals surface area contributed by atoms with Crippen LogP contribution in [0.25, 0.3) is 0 Å². The summed E-state index contributed by atoms with van der Waals surface area (Å²) < 4.78 is 17.6. The summed E-state index contributed by atoms with van der Waals surface area (Å²) >= 11 is 0. The molecule has 0 aliphatic carbocycles. The minimum absolute atomic E-state index is 0.236. The normalized spacial score (nSPS) is 20.3. The van der Waals surface area contributed by atoms with Crippen LogP contribution < -0.4 is 0 Å². The highest BCUT2D eigenvalue weighted by atomic mass is 32.2. The van der Waals surface area contributed by atoms with E-state index in [1.807, 2.05) is 26.8 Å². The lowest BCUT2D eigenvalue weighted by Gasteiger charge is -2.24. The summed E-state index contributed by atoms with van der Waals surface area (Å²) in [6.45, 7) is 6.84. The van der Waals surface area contributed by atoms with Gasteiger partial charge in [-0.1, -0.05) is 6.07 Å². The highest BCUT2D eigenvalue weighted by molar-refractivity contribution is 7.84. The highest BCUT2D eigenvalue weighted by Gasteiger charge is 2.30. The van der Waals surface area contributed by atoms with Gasteiger partial charge in [-0.2, -0.15) is 0 Å². The molecule has 1 saturated heterocycles. The fourth-order valence-electron chi connectivity index (χ4n) is 2.24. The molecule has 5 nitrogen and oxygen atoms in total. The monoisotopic (exact) mass is 310 g/mol. The van der Waals surface area contributed by atoms with Crippen molar-refractivity contribution < 1.29 is 13.7 Å². The third kappa shape index (κ3) is 4.81. The Morgan fingerprint density at radius 1 is 1.48 bits per heavy atom. The Hall–Kier alpha value is -1.43. The molecule has 1 amide bonds. The molecule has 0 radical (unpaired) electrons. The van der Waals surface area contributed by atoms with Gasteiger partial charge in [-0.3, -0.25) is 4.21 Å². The molecule has 6 heteroatoms. The van der Waals surface area contributed by atoms with Crippen LogP contribution in [0.4, 0.5) is 4.79 Å². The van der Waals surface area contributed by atoms with Crippen LogP contribution in [-0.4, -0.2) is 44.6 Å². The van der Waals surface area contributed by atoms with Gasteiger partial charge in [0.25, 0.3) is 0 Å². The van der Waals surface area contributed by atoms with Gasteiger partial charge < -0.3 is 9.64 Å². The van der Waals surface area contributed by atoms with Crippen molar-refractivity contribution in [1.29, 1.82) is 0 Å². The van der Waals surface area contributed by atoms with Gasteiger partial charge in [0.15, 0.2) is 0 Å². The zero-order valence-electron chi connectivity index (χ0n) is 12.7. The topological polar surface area (TPSA) is 59.5 Å². The molecule has 0 N–H and O–H groups in total. The number of rotatable bonds is 3. The van der Waals surface area contributed by atoms with E-state index in [1.54, 1.807) is 23.2 Å². The van der Waals surface area contributed by atoms with E-state index in [-0.39, 0.29) is 12.0 Å². The number of ether oxygens (including phenoxy) is 1. The molecular formula is C15H22N2O3S. The van der Waals surface area contributed by atoms with Crippen LogP contribution in [0.2, 0.25) is 0 Å². The van der Waals surface area contributed by atoms with E-state index in [0.29, 0.717) is 23.9 Å². The summed E-state index contributed by atoms with van der Waals surface area (Å²) in [5.74, 6) is 0.774. The molecular weight excluding hydrogens is 288 g/mol. The number of carbonyl (C=O) groups excluding carboxylic acids is 1. The Bertz CT molecular complexity index is 513. The van der Waals surface area contributed by atoms with Crippen molar-refractivity contribution in [3.8, 4) is 0 Å². The highest BCUT2D eigenvalue weighted by Crippen LogP contribution is 2.21. The lowest BCUT2D eigenvalue weighted by Crippen LogP contribution is -2.35. The van der Waals surface area contributed by atoms with Crippen LogP contribution >= 0.6 is 0 Å². The Morgan fingerprint density at radius 3 is 2.86 bits per heavy atom. The molecule has 116 valence electrons. The molecule has 0 bridgehead atoms. The Labute approximate surface area is 128 Å². The number of likely N-dealkylation sites (tertiary alicyclic amines) is 1. The molecule has 1 fully saturated rings. The van der Waals surface area contributed by atoms with Crippen LogP contribution in [0.1, 0.15) is 27.2 Å². The first-order chi connectivity index (χ1) is 9.85. The smallest absolute Gasteiger partial charge is 0.410 e. The second kappa shape index (κ2) is 6.56. The van der Waals surface area contributed by atoms with E-state index in [1.165, 1.54) is 0 Å². The molecule has 2 rings (SSSR count). The van der Waals surface area contributed by atoms with Gasteiger partial charge in [0.05, 0.1) is 10.8 Å². The summed E-state index contributed by atoms with van der Waals surface area (Å²) in [6.07, 6.45) is 2.22. The van der Waals surface area contributed by atoms with Crippen molar-refractivity contribution in [2.45, 2.75) is 37.8 Å². The first-order valence-corrected chi connectivity index (χ1v) is 8.44. The molecule has 2 atom stereocenters. The molecule has 1 aromatic heterocycles. The number of pyridine rings is 1. The van der Waals surface area contributed by atoms with Gasteiger partial charge in [-0.05, 0) is 45.2 Å². The predicted octanol–water partition coefficient (Wildman–Crippen LogP) is 2.45. The van der Waals surface area contributed by atoms with Crippen molar-refractivity contribution in [3.63, 3.8) is 0 Å². The third-order valence-corrected chi connectivity index (χ3v) is 4.68. The second-order valence-corrected chi connectivity index (χ2v) is 7.70. The lowest BCUT2D eigenvalue weighted by molar-refractivity contribution is 0.0289. The van der Waals surface area contributed by atoms with Crippen molar-refractivity contribution in [3.05, 3.63) is 24.4 Å². The maximum Gasteiger partial charge on any atom is 0.410 e. The van der Waals surface area contributed by atoms with Gasteiger partial charge in [-0.25, -0.2) is 9.78 Å². The Kier molecular flexibility index (Phi) is 4.98. The Balaban J connectivity index is 1.86. The summed E-state index contributed by atoms with van der Waals surface area (Å²) in [7, 11) is -1.11. The van der Waals surface area contributed by atoms with Crippen LogP contribution in [0.5, 0.6) is 0 Å². The first-order valence-electron chi connectivity index (χ1n) is 7.12. The second-order valence-electron chi connectivity index (χ2n) is 6.26. The average Bonchev–Trinajstić information content (AvgIpc) is 2.86. The van der Waals surface area contributed by atoms with Crippen molar-refractivity contribution in [2.75, 3.05) is 18.8 Å². The molecule has 0 saturated carbocycles. The van der Waals surface area contributed by atoms with Gasteiger partial charge in [0.2, 0.25) is 0 Å². The number of hydrogen-bond acceptors (Lipinski definition) is 4. The predicted molar refractivity (Wildman–Crippen MR) is 81.4 cm³/mol. The van der Waals surface area contributed by atoms with Gasteiger partial charge in [0.1, 0.15) is 10.6 Å². The zero-order chi connectivity index (χ0) is 15.5. The molecule has 1 aliphatic heterocycles. The molecule has 0 aromatic carbocycles. The maximum atomic E-state index is 12.2. The number of hydrogen-bond donors (Lipinski definition) is 0. The molecule has 21 heavy (non-hydrogen) atoms. The van der Waals surface area contributed by atoms with Crippen molar-refractivity contribution >= 4 is 16.9 Å². The van der Waals surface area contributed by atoms with E-state index < -0.39 is 16.4 Å². The summed E-state index contributed by atoms with van der Waals surface area (Å²) in [5, 5.41) is 0.605. The molecule has 2 heterocycles. The molecule has 0 spiro atoms. The van der Waals surface area contributed by atoms with E-state index in [9.17, 15) is 9.00 Å². The van der Waals surface area contributed by atoms with Gasteiger partial charge in [0, 0.05) is 25.0 Å². The van der Waals surface area contributed by atoms with Crippen LogP contribution in [0, 0.1) is 5.92 Å². The number of aromatic nitrogens is 1. The van der Waals surface area contributed by atoms with Crippen LogP contribution in [0.3, 0.4) is 0 Å². The number of amides is 1. The lowest BCUT2D eigenvalue weighted by atomic mass is 10.2. The van der Waals surface area contributed by atoms with Gasteiger partial charge in [-0.15, -0.1) is 0 Å². The molecule has 1 aromatic rings. The summed E-state index contributed by atoms with van der Waals surface area (Å²) in [6, 6.07) is 5.42.